The molecule has 0 aliphatic carbocycles. The van der Waals surface area contributed by atoms with Gasteiger partial charge in [0, 0.05) is 10.8 Å². The SMILES string of the molecule is CCC1CCSC(Nc2ccc(Cl)cc2Cl)=N1. The third-order valence-corrected chi connectivity index (χ3v) is 4.10. The predicted octanol–water partition coefficient (Wildman–Crippen LogP) is 4.68. The highest BCUT2D eigenvalue weighted by Gasteiger charge is 2.14. The Labute approximate surface area is 116 Å². The van der Waals surface area contributed by atoms with Gasteiger partial charge in [-0.15, -0.1) is 0 Å². The zero-order chi connectivity index (χ0) is 12.3. The van der Waals surface area contributed by atoms with Crippen LogP contribution in [0.25, 0.3) is 0 Å². The van der Waals surface area contributed by atoms with E-state index >= 15 is 0 Å². The average Bonchev–Trinajstić information content (AvgIpc) is 2.33. The van der Waals surface area contributed by atoms with Crippen LogP contribution in [0.15, 0.2) is 23.2 Å². The zero-order valence-corrected chi connectivity index (χ0v) is 11.9. The van der Waals surface area contributed by atoms with Crippen molar-refractivity contribution in [3.05, 3.63) is 28.2 Å². The lowest BCUT2D eigenvalue weighted by molar-refractivity contribution is 0.634. The van der Waals surface area contributed by atoms with Crippen molar-refractivity contribution >= 4 is 45.8 Å². The fourth-order valence-corrected chi connectivity index (χ4v) is 3.07. The number of amidine groups is 1. The first-order chi connectivity index (χ1) is 8.19. The minimum Gasteiger partial charge on any atom is -0.334 e. The van der Waals surface area contributed by atoms with Crippen LogP contribution in [-0.2, 0) is 0 Å². The van der Waals surface area contributed by atoms with E-state index in [1.807, 2.05) is 12.1 Å². The van der Waals surface area contributed by atoms with Crippen LogP contribution in [0, 0.1) is 0 Å². The smallest absolute Gasteiger partial charge is 0.161 e. The fraction of sp³-hybridized carbons (Fsp3) is 0.417. The van der Waals surface area contributed by atoms with Crippen LogP contribution in [0.3, 0.4) is 0 Å². The molecular weight excluding hydrogens is 275 g/mol. The van der Waals surface area contributed by atoms with Crippen LogP contribution in [0.5, 0.6) is 0 Å². The molecule has 1 N–H and O–H groups in total. The van der Waals surface area contributed by atoms with Crippen molar-refractivity contribution < 1.29 is 0 Å². The van der Waals surface area contributed by atoms with Crippen LogP contribution >= 0.6 is 35.0 Å². The minimum atomic E-state index is 0.435. The van der Waals surface area contributed by atoms with Crippen molar-refractivity contribution in [2.45, 2.75) is 25.8 Å². The number of aliphatic imine (C=N–C) groups is 1. The number of hydrogen-bond donors (Lipinski definition) is 1. The lowest BCUT2D eigenvalue weighted by Crippen LogP contribution is -2.19. The lowest BCUT2D eigenvalue weighted by atomic mass is 10.2. The highest BCUT2D eigenvalue weighted by Crippen LogP contribution is 2.28. The van der Waals surface area contributed by atoms with Gasteiger partial charge in [0.2, 0.25) is 0 Å². The predicted molar refractivity (Wildman–Crippen MR) is 78.7 cm³/mol. The number of benzene rings is 1. The van der Waals surface area contributed by atoms with Crippen LogP contribution < -0.4 is 5.32 Å². The summed E-state index contributed by atoms with van der Waals surface area (Å²) in [4.78, 5) is 4.64. The maximum atomic E-state index is 6.11. The molecule has 92 valence electrons. The molecule has 1 aliphatic rings. The summed E-state index contributed by atoms with van der Waals surface area (Å²) in [6, 6.07) is 5.87. The Morgan fingerprint density at radius 1 is 1.47 bits per heavy atom. The van der Waals surface area contributed by atoms with Gasteiger partial charge in [-0.1, -0.05) is 41.9 Å². The Morgan fingerprint density at radius 3 is 3.00 bits per heavy atom. The van der Waals surface area contributed by atoms with Gasteiger partial charge in [0.25, 0.3) is 0 Å². The Hall–Kier alpha value is -0.380. The van der Waals surface area contributed by atoms with E-state index in [2.05, 4.69) is 17.2 Å². The van der Waals surface area contributed by atoms with E-state index in [0.29, 0.717) is 16.1 Å². The first kappa shape index (κ1) is 13.1. The maximum Gasteiger partial charge on any atom is 0.161 e. The molecule has 0 radical (unpaired) electrons. The normalized spacial score (nSPS) is 19.9. The quantitative estimate of drug-likeness (QED) is 0.855. The van der Waals surface area contributed by atoms with Gasteiger partial charge in [-0.2, -0.15) is 0 Å². The van der Waals surface area contributed by atoms with Gasteiger partial charge in [-0.05, 0) is 31.0 Å². The molecular formula is C12H14Cl2N2S. The van der Waals surface area contributed by atoms with E-state index in [9.17, 15) is 0 Å². The molecule has 0 amide bonds. The first-order valence-corrected chi connectivity index (χ1v) is 7.36. The van der Waals surface area contributed by atoms with Crippen LogP contribution in [0.1, 0.15) is 19.8 Å². The highest BCUT2D eigenvalue weighted by molar-refractivity contribution is 8.14. The fourth-order valence-electron chi connectivity index (χ4n) is 1.63. The molecule has 1 aliphatic heterocycles. The van der Waals surface area contributed by atoms with E-state index < -0.39 is 0 Å². The molecule has 0 spiro atoms. The molecule has 0 bridgehead atoms. The molecule has 0 saturated carbocycles. The van der Waals surface area contributed by atoms with Gasteiger partial charge < -0.3 is 5.32 Å². The topological polar surface area (TPSA) is 24.4 Å². The minimum absolute atomic E-state index is 0.435. The van der Waals surface area contributed by atoms with Gasteiger partial charge in [0.05, 0.1) is 16.8 Å². The lowest BCUT2D eigenvalue weighted by Gasteiger charge is -2.20. The molecule has 2 rings (SSSR count). The number of halogens is 2. The van der Waals surface area contributed by atoms with E-state index in [1.54, 1.807) is 17.8 Å². The van der Waals surface area contributed by atoms with Crippen molar-refractivity contribution in [1.29, 1.82) is 0 Å². The molecule has 1 aromatic rings. The molecule has 1 unspecified atom stereocenters. The van der Waals surface area contributed by atoms with Gasteiger partial charge in [-0.3, -0.25) is 4.99 Å². The summed E-state index contributed by atoms with van der Waals surface area (Å²) in [5.74, 6) is 1.11. The third-order valence-electron chi connectivity index (χ3n) is 2.63. The van der Waals surface area contributed by atoms with Gasteiger partial charge in [-0.25, -0.2) is 0 Å². The van der Waals surface area contributed by atoms with Crippen LogP contribution in [0.2, 0.25) is 10.0 Å². The summed E-state index contributed by atoms with van der Waals surface area (Å²) >= 11 is 13.7. The van der Waals surface area contributed by atoms with Gasteiger partial charge >= 0.3 is 0 Å². The van der Waals surface area contributed by atoms with Gasteiger partial charge in [0.15, 0.2) is 5.17 Å². The summed E-state index contributed by atoms with van der Waals surface area (Å²) in [5.41, 5.74) is 0.860. The molecule has 0 fully saturated rings. The second-order valence-electron chi connectivity index (χ2n) is 3.88. The number of nitrogens with zero attached hydrogens (tertiary/aromatic N) is 1. The summed E-state index contributed by atoms with van der Waals surface area (Å²) in [6.45, 7) is 2.16. The molecule has 1 aromatic carbocycles. The summed E-state index contributed by atoms with van der Waals surface area (Å²) in [6.07, 6.45) is 2.24. The average molecular weight is 289 g/mol. The highest BCUT2D eigenvalue weighted by atomic mass is 35.5. The molecule has 2 nitrogen and oxygen atoms in total. The van der Waals surface area contributed by atoms with E-state index in [0.717, 1.165) is 29.4 Å². The number of hydrogen-bond acceptors (Lipinski definition) is 3. The Balaban J connectivity index is 2.12. The van der Waals surface area contributed by atoms with Crippen molar-refractivity contribution in [2.24, 2.45) is 4.99 Å². The van der Waals surface area contributed by atoms with E-state index in [4.69, 9.17) is 23.2 Å². The standard InChI is InChI=1S/C12H14Cl2N2S/c1-2-9-5-6-17-12(15-9)16-11-4-3-8(13)7-10(11)14/h3-4,7,9H,2,5-6H2,1H3,(H,15,16). The van der Waals surface area contributed by atoms with Crippen molar-refractivity contribution in [3.63, 3.8) is 0 Å². The second kappa shape index (κ2) is 5.98. The van der Waals surface area contributed by atoms with Crippen molar-refractivity contribution in [2.75, 3.05) is 11.1 Å². The number of thioether (sulfide) groups is 1. The number of nitrogens with one attached hydrogen (secondary N) is 1. The second-order valence-corrected chi connectivity index (χ2v) is 5.81. The Kier molecular flexibility index (Phi) is 4.60. The molecule has 0 aromatic heterocycles. The molecule has 0 saturated heterocycles. The van der Waals surface area contributed by atoms with Crippen LogP contribution in [0.4, 0.5) is 5.69 Å². The van der Waals surface area contributed by atoms with Crippen molar-refractivity contribution in [3.8, 4) is 0 Å². The molecule has 1 atom stereocenters. The van der Waals surface area contributed by atoms with Gasteiger partial charge in [0.1, 0.15) is 0 Å². The van der Waals surface area contributed by atoms with Crippen molar-refractivity contribution in [1.82, 2.24) is 0 Å². The summed E-state index contributed by atoms with van der Waals surface area (Å²) in [7, 11) is 0. The maximum absolute atomic E-state index is 6.11. The Morgan fingerprint density at radius 2 is 2.29 bits per heavy atom. The van der Waals surface area contributed by atoms with E-state index in [1.165, 1.54) is 0 Å². The monoisotopic (exact) mass is 288 g/mol. The summed E-state index contributed by atoms with van der Waals surface area (Å²) in [5, 5.41) is 5.48. The molecule has 5 heteroatoms. The third kappa shape index (κ3) is 3.54. The molecule has 1 heterocycles. The zero-order valence-electron chi connectivity index (χ0n) is 9.54. The summed E-state index contributed by atoms with van der Waals surface area (Å²) < 4.78 is 0. The number of rotatable bonds is 2. The van der Waals surface area contributed by atoms with E-state index in [-0.39, 0.29) is 0 Å². The van der Waals surface area contributed by atoms with Crippen LogP contribution in [-0.4, -0.2) is 17.0 Å². The first-order valence-electron chi connectivity index (χ1n) is 5.61. The molecule has 17 heavy (non-hydrogen) atoms. The number of anilines is 1. The Bertz CT molecular complexity index is 435. The largest absolute Gasteiger partial charge is 0.334 e.